The van der Waals surface area contributed by atoms with Gasteiger partial charge in [-0.05, 0) is 36.1 Å². The summed E-state index contributed by atoms with van der Waals surface area (Å²) in [6.45, 7) is 0.723. The SMILES string of the molecule is C1=COC2=C(C3COc4ccccc4C3)C=CCC2=C1. The van der Waals surface area contributed by atoms with Gasteiger partial charge < -0.3 is 9.47 Å². The molecule has 4 rings (SSSR count). The monoisotopic (exact) mass is 264 g/mol. The average Bonchev–Trinajstić information content (AvgIpc) is 2.54. The minimum Gasteiger partial charge on any atom is -0.493 e. The van der Waals surface area contributed by atoms with E-state index in [0.717, 1.165) is 31.0 Å². The number of rotatable bonds is 1. The Morgan fingerprint density at radius 1 is 1.15 bits per heavy atom. The quantitative estimate of drug-likeness (QED) is 0.765. The fraction of sp³-hybridized carbons (Fsp3) is 0.222. The molecule has 2 nitrogen and oxygen atoms in total. The number of benzene rings is 1. The second kappa shape index (κ2) is 4.71. The molecule has 20 heavy (non-hydrogen) atoms. The first-order valence-electron chi connectivity index (χ1n) is 7.06. The number of ether oxygens (including phenoxy) is 2. The molecule has 100 valence electrons. The normalized spacial score (nSPS) is 23.4. The maximum Gasteiger partial charge on any atom is 0.133 e. The molecular formula is C18H16O2. The maximum absolute atomic E-state index is 5.91. The van der Waals surface area contributed by atoms with E-state index in [2.05, 4.69) is 30.4 Å². The Labute approximate surface area is 118 Å². The summed E-state index contributed by atoms with van der Waals surface area (Å²) in [5.41, 5.74) is 3.82. The van der Waals surface area contributed by atoms with Crippen LogP contribution in [-0.4, -0.2) is 6.61 Å². The van der Waals surface area contributed by atoms with Crippen LogP contribution in [0.15, 0.2) is 71.7 Å². The molecule has 0 fully saturated rings. The van der Waals surface area contributed by atoms with Gasteiger partial charge in [0.2, 0.25) is 0 Å². The van der Waals surface area contributed by atoms with Gasteiger partial charge in [-0.25, -0.2) is 0 Å². The van der Waals surface area contributed by atoms with Crippen molar-refractivity contribution in [2.24, 2.45) is 5.92 Å². The van der Waals surface area contributed by atoms with Crippen LogP contribution in [0.2, 0.25) is 0 Å². The summed E-state index contributed by atoms with van der Waals surface area (Å²) in [5, 5.41) is 0. The summed E-state index contributed by atoms with van der Waals surface area (Å²) in [4.78, 5) is 0. The number of fused-ring (bicyclic) bond motifs is 2. The Bertz CT molecular complexity index is 662. The van der Waals surface area contributed by atoms with E-state index in [9.17, 15) is 0 Å². The van der Waals surface area contributed by atoms with Crippen LogP contribution in [0.25, 0.3) is 0 Å². The molecule has 2 heterocycles. The van der Waals surface area contributed by atoms with E-state index in [1.165, 1.54) is 16.7 Å². The topological polar surface area (TPSA) is 18.5 Å². The molecular weight excluding hydrogens is 248 g/mol. The zero-order valence-corrected chi connectivity index (χ0v) is 11.2. The predicted molar refractivity (Wildman–Crippen MR) is 78.2 cm³/mol. The summed E-state index contributed by atoms with van der Waals surface area (Å²) in [5.74, 6) is 2.42. The van der Waals surface area contributed by atoms with Gasteiger partial charge in [0.1, 0.15) is 11.5 Å². The van der Waals surface area contributed by atoms with E-state index in [1.807, 2.05) is 18.2 Å². The molecule has 0 spiro atoms. The molecule has 2 aliphatic heterocycles. The van der Waals surface area contributed by atoms with Crippen molar-refractivity contribution in [2.75, 3.05) is 6.61 Å². The van der Waals surface area contributed by atoms with Gasteiger partial charge in [-0.3, -0.25) is 0 Å². The molecule has 0 saturated carbocycles. The minimum absolute atomic E-state index is 0.367. The predicted octanol–water partition coefficient (Wildman–Crippen LogP) is 3.92. The number of para-hydroxylation sites is 1. The Hall–Kier alpha value is -2.22. The Balaban J connectivity index is 1.69. The van der Waals surface area contributed by atoms with E-state index in [-0.39, 0.29) is 0 Å². The van der Waals surface area contributed by atoms with Crippen molar-refractivity contribution in [3.05, 3.63) is 77.3 Å². The van der Waals surface area contributed by atoms with E-state index in [4.69, 9.17) is 9.47 Å². The summed E-state index contributed by atoms with van der Waals surface area (Å²) in [7, 11) is 0. The largest absolute Gasteiger partial charge is 0.493 e. The molecule has 1 atom stereocenters. The number of allylic oxidation sites excluding steroid dienone is 5. The Kier molecular flexibility index (Phi) is 2.73. The Morgan fingerprint density at radius 3 is 3.10 bits per heavy atom. The lowest BCUT2D eigenvalue weighted by Gasteiger charge is -2.29. The molecule has 1 aromatic rings. The van der Waals surface area contributed by atoms with Crippen molar-refractivity contribution in [2.45, 2.75) is 12.8 Å². The van der Waals surface area contributed by atoms with Crippen molar-refractivity contribution in [3.63, 3.8) is 0 Å². The van der Waals surface area contributed by atoms with Gasteiger partial charge in [-0.2, -0.15) is 0 Å². The first-order valence-corrected chi connectivity index (χ1v) is 7.06. The van der Waals surface area contributed by atoms with Gasteiger partial charge in [0.05, 0.1) is 12.9 Å². The van der Waals surface area contributed by atoms with Crippen molar-refractivity contribution < 1.29 is 9.47 Å². The summed E-state index contributed by atoms with van der Waals surface area (Å²) in [6, 6.07) is 8.30. The zero-order valence-electron chi connectivity index (χ0n) is 11.2. The molecule has 0 aromatic heterocycles. The van der Waals surface area contributed by atoms with Crippen LogP contribution >= 0.6 is 0 Å². The summed E-state index contributed by atoms with van der Waals surface area (Å²) in [6.07, 6.45) is 12.2. The van der Waals surface area contributed by atoms with E-state index in [0.29, 0.717) is 5.92 Å². The Morgan fingerprint density at radius 2 is 2.10 bits per heavy atom. The molecule has 0 saturated heterocycles. The molecule has 2 heteroatoms. The molecule has 0 amide bonds. The molecule has 1 aromatic carbocycles. The third kappa shape index (κ3) is 1.88. The van der Waals surface area contributed by atoms with Crippen LogP contribution in [0.3, 0.4) is 0 Å². The molecule has 1 unspecified atom stereocenters. The second-order valence-electron chi connectivity index (χ2n) is 5.35. The minimum atomic E-state index is 0.367. The van der Waals surface area contributed by atoms with Gasteiger partial charge in [0, 0.05) is 11.5 Å². The van der Waals surface area contributed by atoms with Gasteiger partial charge in [0.15, 0.2) is 0 Å². The lowest BCUT2D eigenvalue weighted by molar-refractivity contribution is 0.237. The second-order valence-corrected chi connectivity index (χ2v) is 5.35. The fourth-order valence-corrected chi connectivity index (χ4v) is 3.07. The van der Waals surface area contributed by atoms with Crippen molar-refractivity contribution >= 4 is 0 Å². The van der Waals surface area contributed by atoms with E-state index in [1.54, 1.807) is 6.26 Å². The highest BCUT2D eigenvalue weighted by molar-refractivity contribution is 5.47. The van der Waals surface area contributed by atoms with Crippen molar-refractivity contribution in [3.8, 4) is 5.75 Å². The molecule has 3 aliphatic rings. The zero-order chi connectivity index (χ0) is 13.4. The van der Waals surface area contributed by atoms with Gasteiger partial charge in [-0.1, -0.05) is 36.4 Å². The first-order chi connectivity index (χ1) is 9.92. The smallest absolute Gasteiger partial charge is 0.133 e. The van der Waals surface area contributed by atoms with Crippen LogP contribution in [0.4, 0.5) is 0 Å². The maximum atomic E-state index is 5.91. The van der Waals surface area contributed by atoms with Gasteiger partial charge in [0.25, 0.3) is 0 Å². The summed E-state index contributed by atoms with van der Waals surface area (Å²) >= 11 is 0. The highest BCUT2D eigenvalue weighted by atomic mass is 16.5. The highest BCUT2D eigenvalue weighted by Gasteiger charge is 2.27. The molecule has 0 N–H and O–H groups in total. The molecule has 1 aliphatic carbocycles. The first kappa shape index (κ1) is 11.6. The average molecular weight is 264 g/mol. The summed E-state index contributed by atoms with van der Waals surface area (Å²) < 4.78 is 11.7. The molecule has 0 radical (unpaired) electrons. The van der Waals surface area contributed by atoms with Crippen molar-refractivity contribution in [1.82, 2.24) is 0 Å². The van der Waals surface area contributed by atoms with Crippen LogP contribution in [-0.2, 0) is 11.2 Å². The van der Waals surface area contributed by atoms with Crippen LogP contribution in [0.5, 0.6) is 5.75 Å². The van der Waals surface area contributed by atoms with Crippen LogP contribution < -0.4 is 4.74 Å². The van der Waals surface area contributed by atoms with Crippen LogP contribution in [0.1, 0.15) is 12.0 Å². The standard InChI is InChI=1S/C18H16O2/c1-2-9-17-14(5-1)11-15(12-20-17)16-8-3-6-13-7-4-10-19-18(13)16/h1-5,7-10,15H,6,11-12H2. The third-order valence-corrected chi connectivity index (χ3v) is 4.07. The van der Waals surface area contributed by atoms with E-state index >= 15 is 0 Å². The van der Waals surface area contributed by atoms with Crippen LogP contribution in [0, 0.1) is 5.92 Å². The van der Waals surface area contributed by atoms with Gasteiger partial charge >= 0.3 is 0 Å². The van der Waals surface area contributed by atoms with Gasteiger partial charge in [-0.15, -0.1) is 0 Å². The number of hydrogen-bond donors (Lipinski definition) is 0. The lowest BCUT2D eigenvalue weighted by atomic mass is 9.85. The lowest BCUT2D eigenvalue weighted by Crippen LogP contribution is -2.24. The van der Waals surface area contributed by atoms with E-state index < -0.39 is 0 Å². The molecule has 0 bridgehead atoms. The fourth-order valence-electron chi connectivity index (χ4n) is 3.07. The number of hydrogen-bond acceptors (Lipinski definition) is 2. The van der Waals surface area contributed by atoms with Crippen molar-refractivity contribution in [1.29, 1.82) is 0 Å². The highest BCUT2D eigenvalue weighted by Crippen LogP contribution is 2.37. The third-order valence-electron chi connectivity index (χ3n) is 4.07.